The van der Waals surface area contributed by atoms with Crippen LogP contribution in [-0.2, 0) is 7.05 Å². The Bertz CT molecular complexity index is 361. The summed E-state index contributed by atoms with van der Waals surface area (Å²) < 4.78 is 1.62. The topological polar surface area (TPSA) is 58.4 Å². The van der Waals surface area contributed by atoms with Crippen molar-refractivity contribution in [1.82, 2.24) is 14.7 Å². The molecule has 0 aliphatic carbocycles. The predicted molar refractivity (Wildman–Crippen MR) is 54.3 cm³/mol. The number of aliphatic hydroxyl groups excluding tert-OH is 1. The summed E-state index contributed by atoms with van der Waals surface area (Å²) in [5.74, 6) is 0.198. The lowest BCUT2D eigenvalue weighted by atomic mass is 10.1. The van der Waals surface area contributed by atoms with Crippen LogP contribution in [0.15, 0.2) is 12.3 Å². The standard InChI is InChI=1S/C10H15N3O2/c1-12-4-3-9(11-12)10(15)13-5-2-8(6-13)7-14/h3-4,8,14H,2,5-7H2,1H3. The van der Waals surface area contributed by atoms with E-state index >= 15 is 0 Å². The molecular weight excluding hydrogens is 194 g/mol. The summed E-state index contributed by atoms with van der Waals surface area (Å²) in [6, 6.07) is 1.72. The number of aromatic nitrogens is 2. The molecule has 1 amide bonds. The summed E-state index contributed by atoms with van der Waals surface area (Å²) >= 11 is 0. The number of rotatable bonds is 2. The van der Waals surface area contributed by atoms with Crippen molar-refractivity contribution in [2.75, 3.05) is 19.7 Å². The molecule has 1 aliphatic heterocycles. The normalized spacial score (nSPS) is 20.9. The van der Waals surface area contributed by atoms with Crippen LogP contribution in [0.25, 0.3) is 0 Å². The van der Waals surface area contributed by atoms with Crippen LogP contribution in [0, 0.1) is 5.92 Å². The van der Waals surface area contributed by atoms with Gasteiger partial charge in [-0.05, 0) is 12.5 Å². The minimum atomic E-state index is -0.0356. The van der Waals surface area contributed by atoms with Crippen molar-refractivity contribution in [2.24, 2.45) is 13.0 Å². The van der Waals surface area contributed by atoms with Crippen molar-refractivity contribution >= 4 is 5.91 Å². The summed E-state index contributed by atoms with van der Waals surface area (Å²) in [6.45, 7) is 1.53. The maximum Gasteiger partial charge on any atom is 0.274 e. The lowest BCUT2D eigenvalue weighted by Crippen LogP contribution is -2.29. The van der Waals surface area contributed by atoms with Gasteiger partial charge in [-0.15, -0.1) is 0 Å². The molecule has 82 valence electrons. The Morgan fingerprint density at radius 2 is 2.53 bits per heavy atom. The lowest BCUT2D eigenvalue weighted by molar-refractivity contribution is 0.0775. The predicted octanol–water partition coefficient (Wildman–Crippen LogP) is -0.126. The number of carbonyl (C=O) groups is 1. The van der Waals surface area contributed by atoms with Crippen LogP contribution >= 0.6 is 0 Å². The number of aliphatic hydroxyl groups is 1. The molecule has 1 aromatic heterocycles. The fourth-order valence-electron chi connectivity index (χ4n) is 1.86. The van der Waals surface area contributed by atoms with Gasteiger partial charge in [-0.2, -0.15) is 5.10 Å². The average Bonchev–Trinajstić information content (AvgIpc) is 2.84. The Balaban J connectivity index is 2.03. The van der Waals surface area contributed by atoms with E-state index in [0.717, 1.165) is 13.0 Å². The molecule has 5 nitrogen and oxygen atoms in total. The van der Waals surface area contributed by atoms with Gasteiger partial charge in [-0.3, -0.25) is 9.48 Å². The van der Waals surface area contributed by atoms with Crippen LogP contribution in [0.1, 0.15) is 16.9 Å². The second kappa shape index (κ2) is 4.02. The molecule has 1 saturated heterocycles. The third-order valence-electron chi connectivity index (χ3n) is 2.76. The molecule has 0 aromatic carbocycles. The molecule has 0 radical (unpaired) electrons. The average molecular weight is 209 g/mol. The highest BCUT2D eigenvalue weighted by Gasteiger charge is 2.27. The third kappa shape index (κ3) is 2.02. The number of hydrogen-bond acceptors (Lipinski definition) is 3. The molecule has 0 bridgehead atoms. The first kappa shape index (κ1) is 10.2. The largest absolute Gasteiger partial charge is 0.396 e. The number of likely N-dealkylation sites (tertiary alicyclic amines) is 1. The molecule has 2 heterocycles. The van der Waals surface area contributed by atoms with E-state index in [1.54, 1.807) is 28.9 Å². The van der Waals surface area contributed by atoms with Gasteiger partial charge in [-0.25, -0.2) is 0 Å². The van der Waals surface area contributed by atoms with Crippen molar-refractivity contribution in [3.63, 3.8) is 0 Å². The van der Waals surface area contributed by atoms with Gasteiger partial charge in [-0.1, -0.05) is 0 Å². The zero-order chi connectivity index (χ0) is 10.8. The van der Waals surface area contributed by atoms with E-state index < -0.39 is 0 Å². The van der Waals surface area contributed by atoms with Crippen molar-refractivity contribution in [1.29, 1.82) is 0 Å². The highest BCUT2D eigenvalue weighted by molar-refractivity contribution is 5.92. The summed E-state index contributed by atoms with van der Waals surface area (Å²) in [5, 5.41) is 13.1. The fourth-order valence-corrected chi connectivity index (χ4v) is 1.86. The van der Waals surface area contributed by atoms with Crippen molar-refractivity contribution in [3.05, 3.63) is 18.0 Å². The highest BCUT2D eigenvalue weighted by Crippen LogP contribution is 2.17. The number of hydrogen-bond donors (Lipinski definition) is 1. The third-order valence-corrected chi connectivity index (χ3v) is 2.76. The fraction of sp³-hybridized carbons (Fsp3) is 0.600. The molecule has 1 N–H and O–H groups in total. The van der Waals surface area contributed by atoms with Gasteiger partial charge in [0.25, 0.3) is 5.91 Å². The molecule has 1 atom stereocenters. The van der Waals surface area contributed by atoms with E-state index in [1.165, 1.54) is 0 Å². The van der Waals surface area contributed by atoms with Crippen LogP contribution in [0.2, 0.25) is 0 Å². The lowest BCUT2D eigenvalue weighted by Gasteiger charge is -2.14. The molecule has 1 aromatic rings. The Hall–Kier alpha value is -1.36. The van der Waals surface area contributed by atoms with Gasteiger partial charge in [0, 0.05) is 38.9 Å². The molecule has 2 rings (SSSR count). The molecule has 15 heavy (non-hydrogen) atoms. The van der Waals surface area contributed by atoms with E-state index in [9.17, 15) is 4.79 Å². The van der Waals surface area contributed by atoms with E-state index in [0.29, 0.717) is 12.2 Å². The number of carbonyl (C=O) groups excluding carboxylic acids is 1. The van der Waals surface area contributed by atoms with Crippen LogP contribution in [0.5, 0.6) is 0 Å². The quantitative estimate of drug-likeness (QED) is 0.738. The SMILES string of the molecule is Cn1ccc(C(=O)N2CCC(CO)C2)n1. The summed E-state index contributed by atoms with van der Waals surface area (Å²) in [4.78, 5) is 13.6. The van der Waals surface area contributed by atoms with Gasteiger partial charge in [0.15, 0.2) is 0 Å². The number of aryl methyl sites for hydroxylation is 1. The Labute approximate surface area is 88.3 Å². The van der Waals surface area contributed by atoms with Crippen LogP contribution < -0.4 is 0 Å². The first-order valence-corrected chi connectivity index (χ1v) is 5.10. The molecular formula is C10H15N3O2. The van der Waals surface area contributed by atoms with Crippen molar-refractivity contribution in [3.8, 4) is 0 Å². The Kier molecular flexibility index (Phi) is 2.73. The van der Waals surface area contributed by atoms with Crippen LogP contribution in [-0.4, -0.2) is 45.4 Å². The molecule has 5 heteroatoms. The molecule has 1 aliphatic rings. The first-order valence-electron chi connectivity index (χ1n) is 5.10. The molecule has 1 fully saturated rings. The van der Waals surface area contributed by atoms with Crippen LogP contribution in [0.4, 0.5) is 0 Å². The highest BCUT2D eigenvalue weighted by atomic mass is 16.3. The van der Waals surface area contributed by atoms with Crippen LogP contribution in [0.3, 0.4) is 0 Å². The monoisotopic (exact) mass is 209 g/mol. The van der Waals surface area contributed by atoms with Gasteiger partial charge < -0.3 is 10.0 Å². The van der Waals surface area contributed by atoms with E-state index in [1.807, 2.05) is 0 Å². The van der Waals surface area contributed by atoms with Gasteiger partial charge in [0.2, 0.25) is 0 Å². The van der Waals surface area contributed by atoms with Gasteiger partial charge >= 0.3 is 0 Å². The number of nitrogens with zero attached hydrogens (tertiary/aromatic N) is 3. The number of amides is 1. The summed E-state index contributed by atoms with van der Waals surface area (Å²) in [7, 11) is 1.79. The minimum Gasteiger partial charge on any atom is -0.396 e. The van der Waals surface area contributed by atoms with Gasteiger partial charge in [0.1, 0.15) is 5.69 Å². The maximum atomic E-state index is 11.9. The van der Waals surface area contributed by atoms with Crippen molar-refractivity contribution < 1.29 is 9.90 Å². The summed E-state index contributed by atoms with van der Waals surface area (Å²) in [6.07, 6.45) is 2.64. The smallest absolute Gasteiger partial charge is 0.274 e. The minimum absolute atomic E-state index is 0.0356. The Morgan fingerprint density at radius 1 is 1.73 bits per heavy atom. The second-order valence-electron chi connectivity index (χ2n) is 3.96. The summed E-state index contributed by atoms with van der Waals surface area (Å²) in [5.41, 5.74) is 0.482. The zero-order valence-electron chi connectivity index (χ0n) is 8.76. The molecule has 0 saturated carbocycles. The second-order valence-corrected chi connectivity index (χ2v) is 3.96. The van der Waals surface area contributed by atoms with Gasteiger partial charge in [0.05, 0.1) is 0 Å². The Morgan fingerprint density at radius 3 is 3.07 bits per heavy atom. The molecule has 1 unspecified atom stereocenters. The van der Waals surface area contributed by atoms with E-state index in [-0.39, 0.29) is 18.4 Å². The van der Waals surface area contributed by atoms with Crippen molar-refractivity contribution in [2.45, 2.75) is 6.42 Å². The van der Waals surface area contributed by atoms with E-state index in [2.05, 4.69) is 5.10 Å². The zero-order valence-corrected chi connectivity index (χ0v) is 8.76. The maximum absolute atomic E-state index is 11.9. The van der Waals surface area contributed by atoms with E-state index in [4.69, 9.17) is 5.11 Å². The first-order chi connectivity index (χ1) is 7.20. The molecule has 0 spiro atoms.